The van der Waals surface area contributed by atoms with Crippen molar-refractivity contribution >= 4 is 11.6 Å². The number of carbonyl (C=O) groups excluding carboxylic acids is 1. The summed E-state index contributed by atoms with van der Waals surface area (Å²) >= 11 is 0. The van der Waals surface area contributed by atoms with Gasteiger partial charge in [0, 0.05) is 12.2 Å². The number of ether oxygens (including phenoxy) is 1. The summed E-state index contributed by atoms with van der Waals surface area (Å²) in [5, 5.41) is 2.93. The average Bonchev–Trinajstić information content (AvgIpc) is 2.26. The maximum Gasteiger partial charge on any atom is 0.255 e. The van der Waals surface area contributed by atoms with Crippen molar-refractivity contribution in [2.75, 3.05) is 19.4 Å². The number of benzene rings is 1. The first kappa shape index (κ1) is 11.8. The maximum absolute atomic E-state index is 12.0. The van der Waals surface area contributed by atoms with Gasteiger partial charge in [-0.05, 0) is 37.0 Å². The Labute approximate surface area is 101 Å². The third-order valence-electron chi connectivity index (χ3n) is 3.24. The summed E-state index contributed by atoms with van der Waals surface area (Å²) < 4.78 is 5.15. The van der Waals surface area contributed by atoms with Gasteiger partial charge >= 0.3 is 0 Å². The van der Waals surface area contributed by atoms with E-state index in [1.165, 1.54) is 19.3 Å². The molecule has 3 N–H and O–H groups in total. The second-order valence-electron chi connectivity index (χ2n) is 4.47. The van der Waals surface area contributed by atoms with Crippen LogP contribution in [-0.4, -0.2) is 19.6 Å². The van der Waals surface area contributed by atoms with Crippen molar-refractivity contribution in [3.8, 4) is 5.75 Å². The van der Waals surface area contributed by atoms with Crippen LogP contribution in [-0.2, 0) is 0 Å². The van der Waals surface area contributed by atoms with Gasteiger partial charge < -0.3 is 15.8 Å². The van der Waals surface area contributed by atoms with Crippen LogP contribution >= 0.6 is 0 Å². The Morgan fingerprint density at radius 2 is 2.29 bits per heavy atom. The van der Waals surface area contributed by atoms with Gasteiger partial charge in [0.25, 0.3) is 5.91 Å². The Hall–Kier alpha value is -1.71. The molecule has 4 heteroatoms. The molecule has 1 aromatic carbocycles. The molecular formula is C13H18N2O2. The molecule has 0 heterocycles. The molecule has 2 rings (SSSR count). The van der Waals surface area contributed by atoms with Crippen LogP contribution in [0.1, 0.15) is 29.6 Å². The van der Waals surface area contributed by atoms with Crippen molar-refractivity contribution in [1.82, 2.24) is 5.32 Å². The molecular weight excluding hydrogens is 216 g/mol. The van der Waals surface area contributed by atoms with Crippen molar-refractivity contribution in [3.05, 3.63) is 23.8 Å². The van der Waals surface area contributed by atoms with E-state index in [0.717, 1.165) is 6.54 Å². The molecule has 17 heavy (non-hydrogen) atoms. The Balaban J connectivity index is 2.03. The Morgan fingerprint density at radius 3 is 2.88 bits per heavy atom. The molecule has 1 saturated carbocycles. The Bertz CT molecular complexity index is 414. The molecule has 1 aliphatic rings. The van der Waals surface area contributed by atoms with Gasteiger partial charge in [-0.3, -0.25) is 4.79 Å². The van der Waals surface area contributed by atoms with Crippen molar-refractivity contribution < 1.29 is 9.53 Å². The van der Waals surface area contributed by atoms with Crippen molar-refractivity contribution in [1.29, 1.82) is 0 Å². The van der Waals surface area contributed by atoms with E-state index in [2.05, 4.69) is 5.32 Å². The fourth-order valence-electron chi connectivity index (χ4n) is 1.93. The zero-order chi connectivity index (χ0) is 12.3. The number of methoxy groups -OCH3 is 1. The van der Waals surface area contributed by atoms with Crippen molar-refractivity contribution in [3.63, 3.8) is 0 Å². The first-order valence-electron chi connectivity index (χ1n) is 5.92. The van der Waals surface area contributed by atoms with E-state index in [0.29, 0.717) is 22.9 Å². The molecule has 0 atom stereocenters. The van der Waals surface area contributed by atoms with E-state index >= 15 is 0 Å². The van der Waals surface area contributed by atoms with E-state index in [4.69, 9.17) is 10.5 Å². The standard InChI is InChI=1S/C13H18N2O2/c1-17-12-6-5-10(14)7-11(12)13(16)15-8-9-3-2-4-9/h5-7,9H,2-4,8,14H2,1H3,(H,15,16). The van der Waals surface area contributed by atoms with Gasteiger partial charge in [-0.1, -0.05) is 6.42 Å². The maximum atomic E-state index is 12.0. The SMILES string of the molecule is COc1ccc(N)cc1C(=O)NCC1CCC1. The number of anilines is 1. The van der Waals surface area contributed by atoms with Crippen LogP contribution in [0, 0.1) is 5.92 Å². The smallest absolute Gasteiger partial charge is 0.255 e. The second-order valence-corrected chi connectivity index (χ2v) is 4.47. The summed E-state index contributed by atoms with van der Waals surface area (Å²) in [6.07, 6.45) is 3.71. The van der Waals surface area contributed by atoms with Gasteiger partial charge in [0.15, 0.2) is 0 Å². The predicted octanol–water partition coefficient (Wildman–Crippen LogP) is 1.81. The molecule has 1 amide bonds. The van der Waals surface area contributed by atoms with Crippen molar-refractivity contribution in [2.24, 2.45) is 5.92 Å². The van der Waals surface area contributed by atoms with E-state index in [1.54, 1.807) is 25.3 Å². The highest BCUT2D eigenvalue weighted by Gasteiger charge is 2.19. The number of nitrogen functional groups attached to an aromatic ring is 1. The summed E-state index contributed by atoms with van der Waals surface area (Å²) in [6, 6.07) is 5.09. The molecule has 0 unspecified atom stereocenters. The van der Waals surface area contributed by atoms with Crippen LogP contribution < -0.4 is 15.8 Å². The van der Waals surface area contributed by atoms with Crippen LogP contribution in [0.5, 0.6) is 5.75 Å². The van der Waals surface area contributed by atoms with Gasteiger partial charge in [-0.15, -0.1) is 0 Å². The molecule has 1 aliphatic carbocycles. The molecule has 0 aliphatic heterocycles. The van der Waals surface area contributed by atoms with Crippen molar-refractivity contribution in [2.45, 2.75) is 19.3 Å². The topological polar surface area (TPSA) is 64.3 Å². The lowest BCUT2D eigenvalue weighted by Crippen LogP contribution is -2.32. The van der Waals surface area contributed by atoms with Crippen LogP contribution in [0.4, 0.5) is 5.69 Å². The Kier molecular flexibility index (Phi) is 3.52. The number of hydrogen-bond donors (Lipinski definition) is 2. The van der Waals surface area contributed by atoms with Gasteiger partial charge in [0.2, 0.25) is 0 Å². The molecule has 0 radical (unpaired) electrons. The van der Waals surface area contributed by atoms with E-state index in [9.17, 15) is 4.79 Å². The number of amides is 1. The van der Waals surface area contributed by atoms with Crippen LogP contribution in [0.2, 0.25) is 0 Å². The Morgan fingerprint density at radius 1 is 1.53 bits per heavy atom. The third-order valence-corrected chi connectivity index (χ3v) is 3.24. The fraction of sp³-hybridized carbons (Fsp3) is 0.462. The second kappa shape index (κ2) is 5.08. The number of nitrogens with two attached hydrogens (primary N) is 1. The van der Waals surface area contributed by atoms with E-state index in [-0.39, 0.29) is 5.91 Å². The lowest BCUT2D eigenvalue weighted by molar-refractivity contribution is 0.0936. The lowest BCUT2D eigenvalue weighted by Gasteiger charge is -2.25. The monoisotopic (exact) mass is 234 g/mol. The van der Waals surface area contributed by atoms with E-state index in [1.807, 2.05) is 0 Å². The number of nitrogens with one attached hydrogen (secondary N) is 1. The van der Waals surface area contributed by atoms with Crippen LogP contribution in [0.3, 0.4) is 0 Å². The fourth-order valence-corrected chi connectivity index (χ4v) is 1.93. The number of rotatable bonds is 4. The van der Waals surface area contributed by atoms with Gasteiger partial charge in [0.05, 0.1) is 12.7 Å². The molecule has 4 nitrogen and oxygen atoms in total. The number of carbonyl (C=O) groups is 1. The molecule has 92 valence electrons. The molecule has 1 fully saturated rings. The van der Waals surface area contributed by atoms with Crippen LogP contribution in [0.15, 0.2) is 18.2 Å². The molecule has 0 bridgehead atoms. The largest absolute Gasteiger partial charge is 0.496 e. The minimum atomic E-state index is -0.110. The molecule has 0 spiro atoms. The average molecular weight is 234 g/mol. The summed E-state index contributed by atoms with van der Waals surface area (Å²) in [5.74, 6) is 1.09. The summed E-state index contributed by atoms with van der Waals surface area (Å²) in [5.41, 5.74) is 6.75. The summed E-state index contributed by atoms with van der Waals surface area (Å²) in [6.45, 7) is 0.747. The lowest BCUT2D eigenvalue weighted by atomic mass is 9.85. The van der Waals surface area contributed by atoms with Gasteiger partial charge in [-0.2, -0.15) is 0 Å². The zero-order valence-corrected chi connectivity index (χ0v) is 10.0. The van der Waals surface area contributed by atoms with Crippen LogP contribution in [0.25, 0.3) is 0 Å². The summed E-state index contributed by atoms with van der Waals surface area (Å²) in [4.78, 5) is 12.0. The highest BCUT2D eigenvalue weighted by molar-refractivity contribution is 5.97. The third kappa shape index (κ3) is 2.70. The molecule has 1 aromatic rings. The first-order chi connectivity index (χ1) is 8.20. The molecule has 0 aromatic heterocycles. The normalized spacial score (nSPS) is 15.1. The quantitative estimate of drug-likeness (QED) is 0.781. The summed E-state index contributed by atoms with van der Waals surface area (Å²) in [7, 11) is 1.55. The minimum Gasteiger partial charge on any atom is -0.496 e. The predicted molar refractivity (Wildman–Crippen MR) is 67.1 cm³/mol. The number of hydrogen-bond acceptors (Lipinski definition) is 3. The highest BCUT2D eigenvalue weighted by Crippen LogP contribution is 2.26. The highest BCUT2D eigenvalue weighted by atomic mass is 16.5. The molecule has 0 saturated heterocycles. The van der Waals surface area contributed by atoms with Gasteiger partial charge in [0.1, 0.15) is 5.75 Å². The minimum absolute atomic E-state index is 0.110. The van der Waals surface area contributed by atoms with Gasteiger partial charge in [-0.25, -0.2) is 0 Å². The first-order valence-corrected chi connectivity index (χ1v) is 5.92. The zero-order valence-electron chi connectivity index (χ0n) is 10.0. The van der Waals surface area contributed by atoms with E-state index < -0.39 is 0 Å².